The molecule has 0 atom stereocenters. The van der Waals surface area contributed by atoms with Crippen LogP contribution in [0.3, 0.4) is 0 Å². The first-order valence-electron chi connectivity index (χ1n) is 9.01. The normalized spacial score (nSPS) is 14.5. The smallest absolute Gasteiger partial charge is 0.412 e. The van der Waals surface area contributed by atoms with Gasteiger partial charge in [-0.05, 0) is 63.4 Å². The lowest BCUT2D eigenvalue weighted by molar-refractivity contribution is 0.0635. The Bertz CT molecular complexity index is 945. The van der Waals surface area contributed by atoms with Gasteiger partial charge in [0.05, 0.1) is 17.1 Å². The lowest BCUT2D eigenvalue weighted by Gasteiger charge is -2.20. The van der Waals surface area contributed by atoms with E-state index < -0.39 is 11.7 Å². The molecule has 0 aliphatic heterocycles. The van der Waals surface area contributed by atoms with Gasteiger partial charge in [-0.25, -0.2) is 4.79 Å². The van der Waals surface area contributed by atoms with Crippen molar-refractivity contribution >= 4 is 29.1 Å². The second-order valence-electron chi connectivity index (χ2n) is 7.55. The molecule has 0 saturated carbocycles. The van der Waals surface area contributed by atoms with Gasteiger partial charge in [0.1, 0.15) is 5.60 Å². The fourth-order valence-corrected chi connectivity index (χ4v) is 3.02. The summed E-state index contributed by atoms with van der Waals surface area (Å²) < 4.78 is 5.26. The number of hydrogen-bond donors (Lipinski definition) is 3. The highest BCUT2D eigenvalue weighted by atomic mass is 16.6. The van der Waals surface area contributed by atoms with Gasteiger partial charge in [-0.3, -0.25) is 10.1 Å². The molecule has 0 bridgehead atoms. The average molecular weight is 381 g/mol. The summed E-state index contributed by atoms with van der Waals surface area (Å²) in [6.07, 6.45) is 0.786. The van der Waals surface area contributed by atoms with Crippen LogP contribution in [0.1, 0.15) is 48.7 Å². The van der Waals surface area contributed by atoms with E-state index in [0.717, 1.165) is 17.5 Å². The van der Waals surface area contributed by atoms with Crippen molar-refractivity contribution in [3.05, 3.63) is 59.2 Å². The zero-order valence-electron chi connectivity index (χ0n) is 16.1. The van der Waals surface area contributed by atoms with Crippen molar-refractivity contribution < 1.29 is 19.5 Å². The number of carbonyl (C=O) groups is 2. The van der Waals surface area contributed by atoms with Crippen LogP contribution in [-0.4, -0.2) is 28.5 Å². The Hall–Kier alpha value is -3.35. The standard InChI is InChI=1S/C21H23N3O4/c1-21(2,3)28-20(26)23-18-7-5-4-6-17(18)22-19(25)14-8-10-15-13(12-14)9-11-16(15)24-27/h4-8,10,12,27H,9,11H2,1-3H3,(H,22,25)(H,23,26)/b24-16+. The third-order valence-corrected chi connectivity index (χ3v) is 4.24. The molecule has 1 aliphatic carbocycles. The molecule has 0 fully saturated rings. The minimum atomic E-state index is -0.622. The molecule has 3 rings (SSSR count). The highest BCUT2D eigenvalue weighted by molar-refractivity contribution is 6.09. The molecule has 0 spiro atoms. The molecule has 28 heavy (non-hydrogen) atoms. The number of ether oxygens (including phenoxy) is 1. The van der Waals surface area contributed by atoms with Crippen molar-refractivity contribution in [1.82, 2.24) is 0 Å². The quantitative estimate of drug-likeness (QED) is 0.541. The second-order valence-corrected chi connectivity index (χ2v) is 7.55. The molecule has 0 unspecified atom stereocenters. The maximum absolute atomic E-state index is 12.7. The molecule has 0 heterocycles. The Morgan fingerprint density at radius 1 is 1.04 bits per heavy atom. The van der Waals surface area contributed by atoms with E-state index in [1.807, 2.05) is 0 Å². The van der Waals surface area contributed by atoms with Gasteiger partial charge in [-0.15, -0.1) is 0 Å². The van der Waals surface area contributed by atoms with Gasteiger partial charge in [0, 0.05) is 11.1 Å². The predicted octanol–water partition coefficient (Wildman–Crippen LogP) is 4.41. The predicted molar refractivity (Wildman–Crippen MR) is 107 cm³/mol. The van der Waals surface area contributed by atoms with E-state index in [0.29, 0.717) is 29.1 Å². The summed E-state index contributed by atoms with van der Waals surface area (Å²) in [6, 6.07) is 12.2. The first kappa shape index (κ1) is 19.4. The number of amides is 2. The molecule has 0 radical (unpaired) electrons. The largest absolute Gasteiger partial charge is 0.444 e. The number of fused-ring (bicyclic) bond motifs is 1. The van der Waals surface area contributed by atoms with Gasteiger partial charge in [-0.1, -0.05) is 23.4 Å². The molecule has 7 heteroatoms. The van der Waals surface area contributed by atoms with Crippen molar-refractivity contribution in [1.29, 1.82) is 0 Å². The van der Waals surface area contributed by atoms with Crippen LogP contribution >= 0.6 is 0 Å². The van der Waals surface area contributed by atoms with Crippen LogP contribution in [0.5, 0.6) is 0 Å². The minimum Gasteiger partial charge on any atom is -0.444 e. The second kappa shape index (κ2) is 7.72. The third kappa shape index (κ3) is 4.49. The zero-order valence-corrected chi connectivity index (χ0v) is 16.1. The fraction of sp³-hybridized carbons (Fsp3) is 0.286. The SMILES string of the molecule is CC(C)(C)OC(=O)Nc1ccccc1NC(=O)c1ccc2c(c1)CC/C2=N\O. The number of aryl methyl sites for hydroxylation is 1. The van der Waals surface area contributed by atoms with Gasteiger partial charge in [-0.2, -0.15) is 0 Å². The van der Waals surface area contributed by atoms with Crippen molar-refractivity contribution in [2.75, 3.05) is 10.6 Å². The van der Waals surface area contributed by atoms with Crippen molar-refractivity contribution in [2.45, 2.75) is 39.2 Å². The van der Waals surface area contributed by atoms with Crippen LogP contribution in [0.4, 0.5) is 16.2 Å². The maximum atomic E-state index is 12.7. The Morgan fingerprint density at radius 2 is 1.71 bits per heavy atom. The van der Waals surface area contributed by atoms with E-state index in [9.17, 15) is 9.59 Å². The molecular weight excluding hydrogens is 358 g/mol. The molecule has 7 nitrogen and oxygen atoms in total. The summed E-state index contributed by atoms with van der Waals surface area (Å²) in [5.41, 5.74) is 3.26. The Morgan fingerprint density at radius 3 is 2.36 bits per heavy atom. The van der Waals surface area contributed by atoms with E-state index >= 15 is 0 Å². The first-order valence-corrected chi connectivity index (χ1v) is 9.01. The summed E-state index contributed by atoms with van der Waals surface area (Å²) in [5.74, 6) is -0.296. The van der Waals surface area contributed by atoms with Gasteiger partial charge in [0.15, 0.2) is 0 Å². The zero-order chi connectivity index (χ0) is 20.3. The number of hydrogen-bond acceptors (Lipinski definition) is 5. The average Bonchev–Trinajstić information content (AvgIpc) is 3.04. The Labute approximate surface area is 163 Å². The van der Waals surface area contributed by atoms with Crippen molar-refractivity contribution in [3.8, 4) is 0 Å². The monoisotopic (exact) mass is 381 g/mol. The maximum Gasteiger partial charge on any atom is 0.412 e. The first-order chi connectivity index (χ1) is 13.3. The number of para-hydroxylation sites is 2. The third-order valence-electron chi connectivity index (χ3n) is 4.24. The molecule has 3 N–H and O–H groups in total. The van der Waals surface area contributed by atoms with Crippen molar-refractivity contribution in [3.63, 3.8) is 0 Å². The highest BCUT2D eigenvalue weighted by Gasteiger charge is 2.21. The number of benzene rings is 2. The summed E-state index contributed by atoms with van der Waals surface area (Å²) >= 11 is 0. The molecule has 146 valence electrons. The van der Waals surface area contributed by atoms with E-state index in [1.54, 1.807) is 63.2 Å². The lowest BCUT2D eigenvalue weighted by Crippen LogP contribution is -2.27. The number of oxime groups is 1. The summed E-state index contributed by atoms with van der Waals surface area (Å²) in [4.78, 5) is 24.7. The summed E-state index contributed by atoms with van der Waals surface area (Å²) in [5, 5.41) is 17.8. The van der Waals surface area contributed by atoms with Crippen LogP contribution in [0.25, 0.3) is 0 Å². The Balaban J connectivity index is 1.76. The number of anilines is 2. The van der Waals surface area contributed by atoms with E-state index in [2.05, 4.69) is 15.8 Å². The Kier molecular flexibility index (Phi) is 5.35. The van der Waals surface area contributed by atoms with Crippen molar-refractivity contribution in [2.24, 2.45) is 5.16 Å². The van der Waals surface area contributed by atoms with E-state index in [1.165, 1.54) is 0 Å². The van der Waals surface area contributed by atoms with E-state index in [-0.39, 0.29) is 5.91 Å². The van der Waals surface area contributed by atoms with Crippen LogP contribution in [-0.2, 0) is 11.2 Å². The molecule has 2 amide bonds. The molecular formula is C21H23N3O4. The van der Waals surface area contributed by atoms with Gasteiger partial charge in [0.2, 0.25) is 0 Å². The van der Waals surface area contributed by atoms with Gasteiger partial charge in [0.25, 0.3) is 5.91 Å². The summed E-state index contributed by atoms with van der Waals surface area (Å²) in [7, 11) is 0. The van der Waals surface area contributed by atoms with Crippen LogP contribution in [0.15, 0.2) is 47.6 Å². The lowest BCUT2D eigenvalue weighted by atomic mass is 10.1. The number of nitrogens with one attached hydrogen (secondary N) is 2. The van der Waals surface area contributed by atoms with Gasteiger partial charge >= 0.3 is 6.09 Å². The number of carbonyl (C=O) groups excluding carboxylic acids is 2. The molecule has 2 aromatic carbocycles. The van der Waals surface area contributed by atoms with Crippen LogP contribution in [0, 0.1) is 0 Å². The number of rotatable bonds is 3. The van der Waals surface area contributed by atoms with E-state index in [4.69, 9.17) is 9.94 Å². The van der Waals surface area contributed by atoms with Crippen LogP contribution < -0.4 is 10.6 Å². The van der Waals surface area contributed by atoms with Gasteiger partial charge < -0.3 is 15.3 Å². The minimum absolute atomic E-state index is 0.296. The van der Waals surface area contributed by atoms with Crippen LogP contribution in [0.2, 0.25) is 0 Å². The molecule has 0 saturated heterocycles. The summed E-state index contributed by atoms with van der Waals surface area (Å²) in [6.45, 7) is 5.34. The number of nitrogens with zero attached hydrogens (tertiary/aromatic N) is 1. The molecule has 2 aromatic rings. The topological polar surface area (TPSA) is 100 Å². The highest BCUT2D eigenvalue weighted by Crippen LogP contribution is 2.26. The molecule has 1 aliphatic rings. The molecule has 0 aromatic heterocycles. The fourth-order valence-electron chi connectivity index (χ4n) is 3.02.